The molecule has 2 aliphatic carbocycles. The Hall–Kier alpha value is -2.19. The van der Waals surface area contributed by atoms with Gasteiger partial charge in [-0.1, -0.05) is 143 Å². The number of allylic oxidation sites excluding steroid dienone is 3. The fourth-order valence-electron chi connectivity index (χ4n) is 8.44. The molecule has 358 valence electrons. The molecule has 0 aromatic carbocycles. The molecule has 0 saturated heterocycles. The molecule has 2 fully saturated rings. The standard InChI is InChI=1S/C23H43N.C15H29NO4.C15H29NO/c1-5-21(4)23(20(2)3)17-12-10-8-6-7-9-11-13-18-24-19-22-15-14-16-22;1-4-12(3)6-8-16(11-15(19)20)9-7-13(5-2)10-14(17)18;1-4-8-14(15(17)13-9-7-10-13)16(11-5-2)12-6-3/h19-20,24H,5-18H2,1-4H3;12-13H,4-11H2,1-3H3,(H,17,18)(H,19,20);13-14H,4-12H2,1-3H3/b23-21+;;. The van der Waals surface area contributed by atoms with E-state index in [0.717, 1.165) is 89.8 Å². The number of Topliss-reactive ketones (excluding diaryl/α,β-unsaturated/α-hetero) is 1. The van der Waals surface area contributed by atoms with Crippen molar-refractivity contribution in [1.29, 1.82) is 0 Å². The number of hydrogen-bond donors (Lipinski definition) is 3. The molecule has 0 aromatic rings. The van der Waals surface area contributed by atoms with Gasteiger partial charge >= 0.3 is 11.9 Å². The van der Waals surface area contributed by atoms with Crippen LogP contribution in [0, 0.1) is 23.7 Å². The smallest absolute Gasteiger partial charge is 0.317 e. The van der Waals surface area contributed by atoms with Crippen molar-refractivity contribution in [1.82, 2.24) is 15.1 Å². The molecule has 2 saturated carbocycles. The van der Waals surface area contributed by atoms with Crippen molar-refractivity contribution < 1.29 is 24.6 Å². The third-order valence-electron chi connectivity index (χ3n) is 13.3. The molecular formula is C53H101N3O5. The molecule has 0 amide bonds. The average Bonchev–Trinajstić information content (AvgIpc) is 3.18. The monoisotopic (exact) mass is 860 g/mol. The van der Waals surface area contributed by atoms with Crippen molar-refractivity contribution in [2.75, 3.05) is 39.3 Å². The Morgan fingerprint density at radius 2 is 1.31 bits per heavy atom. The van der Waals surface area contributed by atoms with Gasteiger partial charge in [0.1, 0.15) is 0 Å². The summed E-state index contributed by atoms with van der Waals surface area (Å²) in [6.07, 6.45) is 32.0. The predicted molar refractivity (Wildman–Crippen MR) is 261 cm³/mol. The number of carboxylic acids is 2. The Labute approximate surface area is 377 Å². The van der Waals surface area contributed by atoms with E-state index in [1.54, 1.807) is 16.7 Å². The second-order valence-corrected chi connectivity index (χ2v) is 19.0. The van der Waals surface area contributed by atoms with Crippen LogP contribution < -0.4 is 5.32 Å². The summed E-state index contributed by atoms with van der Waals surface area (Å²) in [5.74, 6) is 0.794. The number of carboxylic acid groups (broad SMARTS) is 2. The van der Waals surface area contributed by atoms with Gasteiger partial charge in [0.2, 0.25) is 0 Å². The van der Waals surface area contributed by atoms with Crippen LogP contribution >= 0.6 is 0 Å². The van der Waals surface area contributed by atoms with Crippen LogP contribution in [0.2, 0.25) is 0 Å². The SMILES string of the molecule is CC/C(C)=C(\CCCCCCCCCCNC=C1CCC1)C(C)C.CCC(C)CCN(CCC(CC)CC(=O)O)CC(=O)O.CCCC(C(=O)C1CCC1)N(CCC)CCC. The van der Waals surface area contributed by atoms with Crippen LogP contribution in [0.15, 0.2) is 22.9 Å². The number of nitrogens with one attached hydrogen (secondary N) is 1. The van der Waals surface area contributed by atoms with Crippen LogP contribution in [-0.2, 0) is 14.4 Å². The third kappa shape index (κ3) is 29.7. The molecular weight excluding hydrogens is 759 g/mol. The van der Waals surface area contributed by atoms with Gasteiger partial charge in [-0.3, -0.25) is 24.2 Å². The first-order valence-electron chi connectivity index (χ1n) is 25.8. The summed E-state index contributed by atoms with van der Waals surface area (Å²) >= 11 is 0. The molecule has 0 radical (unpaired) electrons. The molecule has 3 unspecified atom stereocenters. The van der Waals surface area contributed by atoms with Gasteiger partial charge in [-0.25, -0.2) is 0 Å². The van der Waals surface area contributed by atoms with E-state index in [9.17, 15) is 14.4 Å². The maximum absolute atomic E-state index is 12.5. The van der Waals surface area contributed by atoms with E-state index in [-0.39, 0.29) is 24.9 Å². The van der Waals surface area contributed by atoms with Crippen molar-refractivity contribution in [2.24, 2.45) is 23.7 Å². The maximum atomic E-state index is 12.5. The molecule has 2 rings (SSSR count). The first-order chi connectivity index (χ1) is 29.3. The lowest BCUT2D eigenvalue weighted by atomic mass is 9.78. The Morgan fingerprint density at radius 1 is 0.721 bits per heavy atom. The Bertz CT molecular complexity index is 1170. The summed E-state index contributed by atoms with van der Waals surface area (Å²) in [5, 5.41) is 21.2. The van der Waals surface area contributed by atoms with Crippen LogP contribution in [0.25, 0.3) is 0 Å². The van der Waals surface area contributed by atoms with Gasteiger partial charge < -0.3 is 15.5 Å². The lowest BCUT2D eigenvalue weighted by molar-refractivity contribution is -0.140. The number of carbonyl (C=O) groups is 3. The number of carbonyl (C=O) groups excluding carboxylic acids is 1. The van der Waals surface area contributed by atoms with Gasteiger partial charge in [-0.15, -0.1) is 0 Å². The van der Waals surface area contributed by atoms with Gasteiger partial charge in [0.05, 0.1) is 12.6 Å². The van der Waals surface area contributed by atoms with E-state index in [0.29, 0.717) is 24.2 Å². The van der Waals surface area contributed by atoms with Gasteiger partial charge in [0.15, 0.2) is 5.78 Å². The summed E-state index contributed by atoms with van der Waals surface area (Å²) in [6.45, 7) is 27.0. The summed E-state index contributed by atoms with van der Waals surface area (Å²) in [6, 6.07) is 0.213. The Kier molecular flexibility index (Phi) is 36.9. The van der Waals surface area contributed by atoms with Crippen molar-refractivity contribution in [3.63, 3.8) is 0 Å². The molecule has 8 heteroatoms. The topological polar surface area (TPSA) is 110 Å². The Morgan fingerprint density at radius 3 is 1.75 bits per heavy atom. The van der Waals surface area contributed by atoms with Crippen LogP contribution in [0.5, 0.6) is 0 Å². The fraction of sp³-hybridized carbons (Fsp3) is 0.868. The highest BCUT2D eigenvalue weighted by Gasteiger charge is 2.33. The molecule has 61 heavy (non-hydrogen) atoms. The first-order valence-corrected chi connectivity index (χ1v) is 25.8. The van der Waals surface area contributed by atoms with Crippen LogP contribution in [0.3, 0.4) is 0 Å². The van der Waals surface area contributed by atoms with E-state index >= 15 is 0 Å². The van der Waals surface area contributed by atoms with Gasteiger partial charge in [-0.2, -0.15) is 0 Å². The number of rotatable bonds is 35. The lowest BCUT2D eigenvalue weighted by Gasteiger charge is -2.35. The number of hydrogen-bond acceptors (Lipinski definition) is 6. The molecule has 0 aliphatic heterocycles. The van der Waals surface area contributed by atoms with Crippen LogP contribution in [0.1, 0.15) is 230 Å². The molecule has 2 aliphatic rings. The number of nitrogens with zero attached hydrogens (tertiary/aromatic N) is 2. The van der Waals surface area contributed by atoms with Crippen molar-refractivity contribution in [3.8, 4) is 0 Å². The average molecular weight is 860 g/mol. The quantitative estimate of drug-likeness (QED) is 0.0427. The van der Waals surface area contributed by atoms with Gasteiger partial charge in [0, 0.05) is 18.9 Å². The fourth-order valence-corrected chi connectivity index (χ4v) is 8.44. The summed E-state index contributed by atoms with van der Waals surface area (Å²) in [7, 11) is 0. The first kappa shape index (κ1) is 58.8. The number of ketones is 1. The molecule has 8 nitrogen and oxygen atoms in total. The molecule has 0 spiro atoms. The highest BCUT2D eigenvalue weighted by Crippen LogP contribution is 2.30. The highest BCUT2D eigenvalue weighted by molar-refractivity contribution is 5.87. The second-order valence-electron chi connectivity index (χ2n) is 19.0. The van der Waals surface area contributed by atoms with E-state index < -0.39 is 11.9 Å². The number of aliphatic carboxylic acids is 2. The van der Waals surface area contributed by atoms with Gasteiger partial charge in [-0.05, 0) is 147 Å². The second kappa shape index (κ2) is 38.3. The summed E-state index contributed by atoms with van der Waals surface area (Å²) in [5.41, 5.74) is 4.98. The van der Waals surface area contributed by atoms with Gasteiger partial charge in [0.25, 0.3) is 0 Å². The minimum atomic E-state index is -0.819. The van der Waals surface area contributed by atoms with E-state index in [1.165, 1.54) is 96.4 Å². The zero-order valence-electron chi connectivity index (χ0n) is 41.9. The van der Waals surface area contributed by atoms with E-state index in [2.05, 4.69) is 78.7 Å². The zero-order valence-corrected chi connectivity index (χ0v) is 41.9. The molecule has 0 heterocycles. The van der Waals surface area contributed by atoms with Crippen molar-refractivity contribution in [2.45, 2.75) is 236 Å². The highest BCUT2D eigenvalue weighted by atomic mass is 16.4. The van der Waals surface area contributed by atoms with Crippen molar-refractivity contribution in [3.05, 3.63) is 22.9 Å². The van der Waals surface area contributed by atoms with E-state index in [1.807, 2.05) is 11.8 Å². The zero-order chi connectivity index (χ0) is 45.8. The largest absolute Gasteiger partial charge is 0.481 e. The minimum absolute atomic E-state index is 0.0416. The predicted octanol–water partition coefficient (Wildman–Crippen LogP) is 13.9. The minimum Gasteiger partial charge on any atom is -0.481 e. The third-order valence-corrected chi connectivity index (χ3v) is 13.3. The molecule has 0 aromatic heterocycles. The van der Waals surface area contributed by atoms with E-state index in [4.69, 9.17) is 10.2 Å². The summed E-state index contributed by atoms with van der Waals surface area (Å²) < 4.78 is 0. The summed E-state index contributed by atoms with van der Waals surface area (Å²) in [4.78, 5) is 38.4. The molecule has 3 atom stereocenters. The van der Waals surface area contributed by atoms with Crippen LogP contribution in [-0.4, -0.2) is 83.0 Å². The van der Waals surface area contributed by atoms with Crippen LogP contribution in [0.4, 0.5) is 0 Å². The molecule has 3 N–H and O–H groups in total. The van der Waals surface area contributed by atoms with Crippen molar-refractivity contribution >= 4 is 17.7 Å². The lowest BCUT2D eigenvalue weighted by Crippen LogP contribution is -2.46. The Balaban J connectivity index is 0.000000899. The molecule has 0 bridgehead atoms. The maximum Gasteiger partial charge on any atom is 0.317 e. The number of unbranched alkanes of at least 4 members (excludes halogenated alkanes) is 7. The normalized spacial score (nSPS) is 15.7.